The number of hydrogen-bond acceptors (Lipinski definition) is 3. The Hall–Kier alpha value is -2.87. The number of carbonyl (C=O) groups is 2. The summed E-state index contributed by atoms with van der Waals surface area (Å²) < 4.78 is 39.3. The van der Waals surface area contributed by atoms with Crippen LogP contribution in [0, 0.1) is 0 Å². The molecule has 0 aliphatic rings. The standard InChI is InChI=1S/C17H13ClF3N3O2/c1-2-6-23-16(26)14-8-10(5-7-22-14)15(25)24-13-4-3-11(18)9-12(13)17(19,20)21/h2-5,7-9H,1,6H2,(H,23,26)(H,24,25). The van der Waals surface area contributed by atoms with E-state index in [0.29, 0.717) is 0 Å². The minimum Gasteiger partial charge on any atom is -0.347 e. The second-order valence-corrected chi connectivity index (χ2v) is 5.51. The quantitative estimate of drug-likeness (QED) is 0.769. The normalized spacial score (nSPS) is 10.9. The van der Waals surface area contributed by atoms with Crippen LogP contribution in [0.1, 0.15) is 26.4 Å². The van der Waals surface area contributed by atoms with Gasteiger partial charge in [0.25, 0.3) is 11.8 Å². The van der Waals surface area contributed by atoms with E-state index in [-0.39, 0.29) is 22.8 Å². The van der Waals surface area contributed by atoms with Crippen molar-refractivity contribution < 1.29 is 22.8 Å². The van der Waals surface area contributed by atoms with Crippen LogP contribution < -0.4 is 10.6 Å². The lowest BCUT2D eigenvalue weighted by atomic mass is 10.1. The maximum Gasteiger partial charge on any atom is 0.418 e. The average molecular weight is 384 g/mol. The van der Waals surface area contributed by atoms with Crippen molar-refractivity contribution in [2.24, 2.45) is 0 Å². The van der Waals surface area contributed by atoms with E-state index < -0.39 is 29.2 Å². The molecule has 0 spiro atoms. The zero-order valence-corrected chi connectivity index (χ0v) is 14.0. The van der Waals surface area contributed by atoms with Crippen molar-refractivity contribution in [3.63, 3.8) is 0 Å². The number of alkyl halides is 3. The van der Waals surface area contributed by atoms with Crippen molar-refractivity contribution in [2.75, 3.05) is 11.9 Å². The molecule has 0 saturated carbocycles. The van der Waals surface area contributed by atoms with Crippen LogP contribution in [0.4, 0.5) is 18.9 Å². The maximum absolute atomic E-state index is 13.1. The van der Waals surface area contributed by atoms with E-state index in [4.69, 9.17) is 11.6 Å². The fourth-order valence-electron chi connectivity index (χ4n) is 2.01. The molecule has 0 unspecified atom stereocenters. The third kappa shape index (κ3) is 4.82. The number of nitrogens with one attached hydrogen (secondary N) is 2. The molecule has 2 rings (SSSR count). The van der Waals surface area contributed by atoms with E-state index in [1.165, 1.54) is 30.5 Å². The van der Waals surface area contributed by atoms with Gasteiger partial charge in [-0.3, -0.25) is 14.6 Å². The fourth-order valence-corrected chi connectivity index (χ4v) is 2.18. The Bertz CT molecular complexity index is 853. The molecule has 0 saturated heterocycles. The number of nitrogens with zero attached hydrogens (tertiary/aromatic N) is 1. The number of hydrogen-bond donors (Lipinski definition) is 2. The molecule has 2 aromatic rings. The van der Waals surface area contributed by atoms with Crippen molar-refractivity contribution in [1.82, 2.24) is 10.3 Å². The van der Waals surface area contributed by atoms with Gasteiger partial charge in [0.1, 0.15) is 5.69 Å². The first kappa shape index (κ1) is 19.5. The Kier molecular flexibility index (Phi) is 5.99. The predicted octanol–water partition coefficient (Wildman–Crippen LogP) is 3.92. The molecule has 0 radical (unpaired) electrons. The molecule has 0 fully saturated rings. The lowest BCUT2D eigenvalue weighted by molar-refractivity contribution is -0.136. The predicted molar refractivity (Wildman–Crippen MR) is 91.2 cm³/mol. The Labute approximate surface area is 151 Å². The molecular formula is C17H13ClF3N3O2. The molecule has 26 heavy (non-hydrogen) atoms. The zero-order chi connectivity index (χ0) is 19.3. The summed E-state index contributed by atoms with van der Waals surface area (Å²) in [6.45, 7) is 3.66. The van der Waals surface area contributed by atoms with Gasteiger partial charge in [0.2, 0.25) is 0 Å². The van der Waals surface area contributed by atoms with Crippen molar-refractivity contribution in [1.29, 1.82) is 0 Å². The van der Waals surface area contributed by atoms with Gasteiger partial charge in [0.15, 0.2) is 0 Å². The van der Waals surface area contributed by atoms with Crippen molar-refractivity contribution in [3.05, 3.63) is 71.0 Å². The SMILES string of the molecule is C=CCNC(=O)c1cc(C(=O)Nc2ccc(Cl)cc2C(F)(F)F)ccn1. The highest BCUT2D eigenvalue weighted by molar-refractivity contribution is 6.30. The third-order valence-corrected chi connectivity index (χ3v) is 3.43. The number of carbonyl (C=O) groups excluding carboxylic acids is 2. The number of amides is 2. The van der Waals surface area contributed by atoms with Crippen LogP contribution in [0.3, 0.4) is 0 Å². The number of aromatic nitrogens is 1. The third-order valence-electron chi connectivity index (χ3n) is 3.20. The van der Waals surface area contributed by atoms with Crippen molar-refractivity contribution >= 4 is 29.1 Å². The van der Waals surface area contributed by atoms with E-state index in [9.17, 15) is 22.8 Å². The van der Waals surface area contributed by atoms with Crippen LogP contribution >= 0.6 is 11.6 Å². The molecule has 2 amide bonds. The Balaban J connectivity index is 2.26. The second-order valence-electron chi connectivity index (χ2n) is 5.07. The smallest absolute Gasteiger partial charge is 0.347 e. The molecule has 0 atom stereocenters. The van der Waals surface area contributed by atoms with Gasteiger partial charge in [0, 0.05) is 23.3 Å². The summed E-state index contributed by atoms with van der Waals surface area (Å²) in [5.41, 5.74) is -1.59. The van der Waals surface area contributed by atoms with Gasteiger partial charge in [-0.1, -0.05) is 17.7 Å². The van der Waals surface area contributed by atoms with E-state index in [1.807, 2.05) is 0 Å². The van der Waals surface area contributed by atoms with Gasteiger partial charge < -0.3 is 10.6 Å². The zero-order valence-electron chi connectivity index (χ0n) is 13.2. The van der Waals surface area contributed by atoms with Crippen LogP contribution in [0.2, 0.25) is 5.02 Å². The number of benzene rings is 1. The first-order chi connectivity index (χ1) is 12.2. The summed E-state index contributed by atoms with van der Waals surface area (Å²) >= 11 is 5.60. The summed E-state index contributed by atoms with van der Waals surface area (Å²) in [5.74, 6) is -1.36. The van der Waals surface area contributed by atoms with Gasteiger partial charge in [0.05, 0.1) is 11.3 Å². The monoisotopic (exact) mass is 383 g/mol. The highest BCUT2D eigenvalue weighted by Crippen LogP contribution is 2.36. The molecule has 1 heterocycles. The summed E-state index contributed by atoms with van der Waals surface area (Å²) in [6.07, 6.45) is -2.01. The van der Waals surface area contributed by atoms with E-state index >= 15 is 0 Å². The van der Waals surface area contributed by atoms with Gasteiger partial charge in [-0.2, -0.15) is 13.2 Å². The van der Waals surface area contributed by atoms with Crippen molar-refractivity contribution in [2.45, 2.75) is 6.18 Å². The molecule has 9 heteroatoms. The second kappa shape index (κ2) is 8.01. The number of rotatable bonds is 5. The molecule has 136 valence electrons. The average Bonchev–Trinajstić information content (AvgIpc) is 2.60. The number of pyridine rings is 1. The number of anilines is 1. The Morgan fingerprint density at radius 2 is 1.92 bits per heavy atom. The first-order valence-corrected chi connectivity index (χ1v) is 7.63. The molecule has 1 aromatic heterocycles. The Morgan fingerprint density at radius 1 is 1.19 bits per heavy atom. The van der Waals surface area contributed by atoms with Gasteiger partial charge in [-0.15, -0.1) is 6.58 Å². The summed E-state index contributed by atoms with van der Waals surface area (Å²) in [5, 5.41) is 4.55. The molecule has 0 aliphatic carbocycles. The minimum absolute atomic E-state index is 0.0215. The van der Waals surface area contributed by atoms with Crippen LogP contribution in [-0.2, 0) is 6.18 Å². The van der Waals surface area contributed by atoms with Gasteiger partial charge in [-0.05, 0) is 30.3 Å². The number of halogens is 4. The summed E-state index contributed by atoms with van der Waals surface area (Å²) in [6, 6.07) is 5.46. The van der Waals surface area contributed by atoms with Crippen molar-refractivity contribution in [3.8, 4) is 0 Å². The molecule has 0 aliphatic heterocycles. The lowest BCUT2D eigenvalue weighted by Gasteiger charge is -2.14. The topological polar surface area (TPSA) is 71.1 Å². The molecular weight excluding hydrogens is 371 g/mol. The highest BCUT2D eigenvalue weighted by atomic mass is 35.5. The van der Waals surface area contributed by atoms with Gasteiger partial charge >= 0.3 is 6.18 Å². The minimum atomic E-state index is -4.69. The van der Waals surface area contributed by atoms with Crippen LogP contribution in [0.25, 0.3) is 0 Å². The lowest BCUT2D eigenvalue weighted by Crippen LogP contribution is -2.25. The maximum atomic E-state index is 13.1. The molecule has 2 N–H and O–H groups in total. The Morgan fingerprint density at radius 3 is 2.58 bits per heavy atom. The van der Waals surface area contributed by atoms with E-state index in [1.54, 1.807) is 0 Å². The van der Waals surface area contributed by atoms with E-state index in [2.05, 4.69) is 22.2 Å². The molecule has 5 nitrogen and oxygen atoms in total. The fraction of sp³-hybridized carbons (Fsp3) is 0.118. The van der Waals surface area contributed by atoms with Crippen LogP contribution in [0.5, 0.6) is 0 Å². The van der Waals surface area contributed by atoms with E-state index in [0.717, 1.165) is 12.1 Å². The highest BCUT2D eigenvalue weighted by Gasteiger charge is 2.34. The first-order valence-electron chi connectivity index (χ1n) is 7.25. The van der Waals surface area contributed by atoms with Crippen LogP contribution in [-0.4, -0.2) is 23.3 Å². The summed E-state index contributed by atoms with van der Waals surface area (Å²) in [4.78, 5) is 27.9. The molecule has 1 aromatic carbocycles. The summed E-state index contributed by atoms with van der Waals surface area (Å²) in [7, 11) is 0. The van der Waals surface area contributed by atoms with Gasteiger partial charge in [-0.25, -0.2) is 0 Å². The molecule has 0 bridgehead atoms. The largest absolute Gasteiger partial charge is 0.418 e. The van der Waals surface area contributed by atoms with Crippen LogP contribution in [0.15, 0.2) is 49.2 Å².